The molecule has 0 bridgehead atoms. The zero-order valence-corrected chi connectivity index (χ0v) is 11.3. The third-order valence-electron chi connectivity index (χ3n) is 2.34. The minimum absolute atomic E-state index is 0.0514. The van der Waals surface area contributed by atoms with Crippen LogP contribution in [0.4, 0.5) is 10.3 Å². The van der Waals surface area contributed by atoms with Crippen LogP contribution in [-0.2, 0) is 0 Å². The van der Waals surface area contributed by atoms with E-state index in [1.54, 1.807) is 6.07 Å². The van der Waals surface area contributed by atoms with Crippen molar-refractivity contribution in [2.24, 2.45) is 0 Å². The molecule has 0 aliphatic carbocycles. The first-order chi connectivity index (χ1) is 9.65. The molecule has 1 heterocycles. The molecule has 0 spiro atoms. The van der Waals surface area contributed by atoms with Crippen LogP contribution in [0.1, 0.15) is 12.5 Å². The van der Waals surface area contributed by atoms with Crippen molar-refractivity contribution in [1.82, 2.24) is 9.97 Å². The molecule has 7 heteroatoms. The lowest BCUT2D eigenvalue weighted by atomic mass is 10.2. The van der Waals surface area contributed by atoms with Crippen molar-refractivity contribution in [3.8, 4) is 17.7 Å². The fourth-order valence-electron chi connectivity index (χ4n) is 1.47. The Morgan fingerprint density at radius 2 is 2.30 bits per heavy atom. The van der Waals surface area contributed by atoms with Gasteiger partial charge in [-0.2, -0.15) is 10.2 Å². The molecule has 102 valence electrons. The largest absolute Gasteiger partial charge is 0.436 e. The van der Waals surface area contributed by atoms with E-state index in [0.29, 0.717) is 12.5 Å². The summed E-state index contributed by atoms with van der Waals surface area (Å²) < 4.78 is 18.9. The number of ether oxygens (including phenoxy) is 1. The first kappa shape index (κ1) is 14.0. The number of anilines is 1. The first-order valence-electron chi connectivity index (χ1n) is 5.78. The number of hydrogen-bond donors (Lipinski definition) is 1. The molecule has 5 nitrogen and oxygen atoms in total. The van der Waals surface area contributed by atoms with E-state index in [0.717, 1.165) is 0 Å². The molecule has 0 aliphatic heterocycles. The van der Waals surface area contributed by atoms with E-state index in [-0.39, 0.29) is 22.2 Å². The summed E-state index contributed by atoms with van der Waals surface area (Å²) in [5.41, 5.74) is -0.202. The van der Waals surface area contributed by atoms with Gasteiger partial charge < -0.3 is 10.1 Å². The summed E-state index contributed by atoms with van der Waals surface area (Å²) in [7, 11) is 0. The maximum absolute atomic E-state index is 13.5. The van der Waals surface area contributed by atoms with E-state index < -0.39 is 5.82 Å². The Kier molecular flexibility index (Phi) is 4.33. The third-order valence-corrected chi connectivity index (χ3v) is 2.60. The van der Waals surface area contributed by atoms with E-state index in [2.05, 4.69) is 15.3 Å². The molecule has 0 atom stereocenters. The molecule has 1 aromatic carbocycles. The second-order valence-electron chi connectivity index (χ2n) is 3.70. The fourth-order valence-corrected chi connectivity index (χ4v) is 1.60. The smallest absolute Gasteiger partial charge is 0.243 e. The Morgan fingerprint density at radius 1 is 1.50 bits per heavy atom. The lowest BCUT2D eigenvalue weighted by Crippen LogP contribution is -2.03. The summed E-state index contributed by atoms with van der Waals surface area (Å²) in [5.74, 6) is -0.223. The van der Waals surface area contributed by atoms with Gasteiger partial charge in [-0.15, -0.1) is 0 Å². The third kappa shape index (κ3) is 2.95. The molecule has 0 saturated heterocycles. The molecule has 0 aliphatic rings. The lowest BCUT2D eigenvalue weighted by Gasteiger charge is -2.09. The maximum Gasteiger partial charge on any atom is 0.243 e. The molecule has 20 heavy (non-hydrogen) atoms. The van der Waals surface area contributed by atoms with Gasteiger partial charge in [-0.05, 0) is 19.1 Å². The van der Waals surface area contributed by atoms with Crippen molar-refractivity contribution >= 4 is 17.5 Å². The van der Waals surface area contributed by atoms with Crippen LogP contribution < -0.4 is 10.1 Å². The molecular formula is C13H10ClFN4O. The van der Waals surface area contributed by atoms with Crippen LogP contribution in [0, 0.1) is 17.1 Å². The summed E-state index contributed by atoms with van der Waals surface area (Å²) >= 11 is 5.93. The highest BCUT2D eigenvalue weighted by Gasteiger charge is 2.13. The Bertz CT molecular complexity index is 672. The van der Waals surface area contributed by atoms with Crippen LogP contribution in [0.5, 0.6) is 11.6 Å². The van der Waals surface area contributed by atoms with E-state index in [1.807, 2.05) is 6.92 Å². The number of halogens is 2. The fraction of sp³-hybridized carbons (Fsp3) is 0.154. The molecular weight excluding hydrogens is 283 g/mol. The van der Waals surface area contributed by atoms with Gasteiger partial charge in [0.1, 0.15) is 28.2 Å². The van der Waals surface area contributed by atoms with Crippen LogP contribution in [0.3, 0.4) is 0 Å². The zero-order chi connectivity index (χ0) is 14.5. The molecule has 1 N–H and O–H groups in total. The van der Waals surface area contributed by atoms with Gasteiger partial charge in [0, 0.05) is 6.54 Å². The van der Waals surface area contributed by atoms with Crippen molar-refractivity contribution in [3.05, 3.63) is 40.8 Å². The van der Waals surface area contributed by atoms with Crippen molar-refractivity contribution in [1.29, 1.82) is 5.26 Å². The van der Waals surface area contributed by atoms with Gasteiger partial charge in [0.2, 0.25) is 11.8 Å². The monoisotopic (exact) mass is 292 g/mol. The molecule has 0 saturated carbocycles. The van der Waals surface area contributed by atoms with Gasteiger partial charge in [0.05, 0.1) is 6.20 Å². The summed E-state index contributed by atoms with van der Waals surface area (Å²) in [6.45, 7) is 2.52. The van der Waals surface area contributed by atoms with Gasteiger partial charge in [-0.3, -0.25) is 0 Å². The molecule has 0 radical (unpaired) electrons. The lowest BCUT2D eigenvalue weighted by molar-refractivity contribution is 0.456. The number of rotatable bonds is 4. The van der Waals surface area contributed by atoms with Crippen molar-refractivity contribution in [2.45, 2.75) is 6.92 Å². The number of benzene rings is 1. The highest BCUT2D eigenvalue weighted by molar-refractivity contribution is 6.31. The van der Waals surface area contributed by atoms with Gasteiger partial charge in [0.15, 0.2) is 0 Å². The minimum atomic E-state index is -0.665. The quantitative estimate of drug-likeness (QED) is 0.935. The summed E-state index contributed by atoms with van der Waals surface area (Å²) in [6.07, 6.45) is 1.37. The number of nitriles is 1. The predicted octanol–water partition coefficient (Wildman–Crippen LogP) is 3.36. The Labute approximate surface area is 120 Å². The molecule has 0 amide bonds. The average molecular weight is 293 g/mol. The van der Waals surface area contributed by atoms with Crippen LogP contribution in [0.15, 0.2) is 24.4 Å². The van der Waals surface area contributed by atoms with Gasteiger partial charge in [-0.25, -0.2) is 9.37 Å². The molecule has 0 fully saturated rings. The van der Waals surface area contributed by atoms with E-state index >= 15 is 0 Å². The normalized spacial score (nSPS) is 9.90. The first-order valence-corrected chi connectivity index (χ1v) is 6.16. The van der Waals surface area contributed by atoms with Crippen molar-refractivity contribution in [2.75, 3.05) is 11.9 Å². The summed E-state index contributed by atoms with van der Waals surface area (Å²) in [4.78, 5) is 8.01. The predicted molar refractivity (Wildman–Crippen MR) is 72.4 cm³/mol. The van der Waals surface area contributed by atoms with E-state index in [1.165, 1.54) is 24.4 Å². The van der Waals surface area contributed by atoms with E-state index in [4.69, 9.17) is 21.6 Å². The Morgan fingerprint density at radius 3 is 3.00 bits per heavy atom. The minimum Gasteiger partial charge on any atom is -0.436 e. The SMILES string of the molecule is CCNc1ncc(Cl)c(Oc2cccc(F)c2C#N)n1. The standard InChI is InChI=1S/C13H10ClFN4O/c1-2-17-13-18-7-9(14)12(19-13)20-11-5-3-4-10(15)8(11)6-16/h3-5,7H,2H2,1H3,(H,17,18,19). The van der Waals surface area contributed by atoms with Crippen molar-refractivity contribution < 1.29 is 9.13 Å². The van der Waals surface area contributed by atoms with Crippen LogP contribution in [0.2, 0.25) is 5.02 Å². The summed E-state index contributed by atoms with van der Waals surface area (Å²) in [6, 6.07) is 5.82. The highest BCUT2D eigenvalue weighted by atomic mass is 35.5. The number of nitrogens with zero attached hydrogens (tertiary/aromatic N) is 3. The number of nitrogens with one attached hydrogen (secondary N) is 1. The van der Waals surface area contributed by atoms with Gasteiger partial charge in [0.25, 0.3) is 0 Å². The topological polar surface area (TPSA) is 70.8 Å². The maximum atomic E-state index is 13.5. The second kappa shape index (κ2) is 6.17. The molecule has 0 unspecified atom stereocenters. The van der Waals surface area contributed by atoms with Gasteiger partial charge >= 0.3 is 0 Å². The number of aromatic nitrogens is 2. The Hall–Kier alpha value is -2.39. The summed E-state index contributed by atoms with van der Waals surface area (Å²) in [5, 5.41) is 12.0. The zero-order valence-electron chi connectivity index (χ0n) is 10.5. The molecule has 2 rings (SSSR count). The van der Waals surface area contributed by atoms with Gasteiger partial charge in [-0.1, -0.05) is 17.7 Å². The number of hydrogen-bond acceptors (Lipinski definition) is 5. The molecule has 1 aromatic heterocycles. The second-order valence-corrected chi connectivity index (χ2v) is 4.11. The molecule has 2 aromatic rings. The highest BCUT2D eigenvalue weighted by Crippen LogP contribution is 2.30. The van der Waals surface area contributed by atoms with Crippen LogP contribution in [0.25, 0.3) is 0 Å². The Balaban J connectivity index is 2.37. The van der Waals surface area contributed by atoms with Crippen LogP contribution >= 0.6 is 11.6 Å². The van der Waals surface area contributed by atoms with Crippen molar-refractivity contribution in [3.63, 3.8) is 0 Å². The van der Waals surface area contributed by atoms with Crippen LogP contribution in [-0.4, -0.2) is 16.5 Å². The van der Waals surface area contributed by atoms with E-state index in [9.17, 15) is 4.39 Å². The average Bonchev–Trinajstić information content (AvgIpc) is 2.43.